The van der Waals surface area contributed by atoms with Crippen molar-refractivity contribution in [3.8, 4) is 0 Å². The Labute approximate surface area is 124 Å². The van der Waals surface area contributed by atoms with Gasteiger partial charge in [-0.25, -0.2) is 0 Å². The predicted molar refractivity (Wildman–Crippen MR) is 79.0 cm³/mol. The van der Waals surface area contributed by atoms with E-state index in [4.69, 9.17) is 17.3 Å². The minimum atomic E-state index is -0.0956. The summed E-state index contributed by atoms with van der Waals surface area (Å²) in [5.74, 6) is -0.0956. The molecule has 0 saturated heterocycles. The first-order valence-corrected chi connectivity index (χ1v) is 7.31. The number of hydrogen-bond acceptors (Lipinski definition) is 3. The van der Waals surface area contributed by atoms with Gasteiger partial charge in [-0.1, -0.05) is 27.5 Å². The van der Waals surface area contributed by atoms with E-state index in [0.717, 1.165) is 8.26 Å². The Balaban J connectivity index is 2.47. The molecule has 0 amide bonds. The predicted octanol–water partition coefficient (Wildman–Crippen LogP) is 4.74. The zero-order valence-corrected chi connectivity index (χ0v) is 13.1. The van der Waals surface area contributed by atoms with Crippen molar-refractivity contribution in [2.45, 2.75) is 0 Å². The molecule has 1 heterocycles. The second-order valence-electron chi connectivity index (χ2n) is 3.30. The normalized spacial score (nSPS) is 10.5. The summed E-state index contributed by atoms with van der Waals surface area (Å²) in [6, 6.07) is 6.78. The molecule has 2 aromatic rings. The van der Waals surface area contributed by atoms with Gasteiger partial charge < -0.3 is 5.73 Å². The first-order chi connectivity index (χ1) is 7.99. The van der Waals surface area contributed by atoms with Crippen molar-refractivity contribution < 1.29 is 4.79 Å². The average molecular weight is 396 g/mol. The van der Waals surface area contributed by atoms with Crippen molar-refractivity contribution in [2.75, 3.05) is 5.73 Å². The highest BCUT2D eigenvalue weighted by atomic mass is 79.9. The van der Waals surface area contributed by atoms with Crippen molar-refractivity contribution >= 4 is 66.3 Å². The zero-order chi connectivity index (χ0) is 12.6. The molecule has 0 fully saturated rings. The number of thiophene rings is 1. The molecule has 1 aromatic carbocycles. The van der Waals surface area contributed by atoms with Crippen LogP contribution in [-0.4, -0.2) is 5.78 Å². The molecule has 0 aliphatic heterocycles. The molecule has 0 unspecified atom stereocenters. The Morgan fingerprint density at radius 3 is 2.59 bits per heavy atom. The number of anilines is 1. The lowest BCUT2D eigenvalue weighted by Crippen LogP contribution is -2.01. The van der Waals surface area contributed by atoms with Gasteiger partial charge in [0, 0.05) is 15.7 Å². The van der Waals surface area contributed by atoms with Crippen LogP contribution in [0.1, 0.15) is 15.2 Å². The van der Waals surface area contributed by atoms with Gasteiger partial charge in [0.1, 0.15) is 0 Å². The van der Waals surface area contributed by atoms with Crippen molar-refractivity contribution in [3.63, 3.8) is 0 Å². The van der Waals surface area contributed by atoms with Gasteiger partial charge in [-0.3, -0.25) is 4.79 Å². The molecule has 0 radical (unpaired) electrons. The third-order valence-corrected chi connectivity index (χ3v) is 5.27. The van der Waals surface area contributed by atoms with Gasteiger partial charge in [0.15, 0.2) is 0 Å². The highest BCUT2D eigenvalue weighted by Gasteiger charge is 2.16. The summed E-state index contributed by atoms with van der Waals surface area (Å²) in [7, 11) is 0. The van der Waals surface area contributed by atoms with Gasteiger partial charge in [0.2, 0.25) is 5.78 Å². The molecule has 17 heavy (non-hydrogen) atoms. The van der Waals surface area contributed by atoms with Gasteiger partial charge in [-0.05, 0) is 40.2 Å². The third-order valence-electron chi connectivity index (χ3n) is 2.10. The van der Waals surface area contributed by atoms with E-state index in [1.807, 2.05) is 0 Å². The summed E-state index contributed by atoms with van der Waals surface area (Å²) in [5.41, 5.74) is 6.76. The molecular formula is C11H6Br2ClNOS. The standard InChI is InChI=1S/C11H6Br2ClNOS/c12-7-2-1-5(15)3-6(7)10(16)9-4-8(14)11(13)17-9/h1-4H,15H2. The molecule has 0 bridgehead atoms. The van der Waals surface area contributed by atoms with E-state index in [1.165, 1.54) is 11.3 Å². The van der Waals surface area contributed by atoms with E-state index >= 15 is 0 Å². The van der Waals surface area contributed by atoms with Crippen LogP contribution in [0.5, 0.6) is 0 Å². The van der Waals surface area contributed by atoms with E-state index in [1.54, 1.807) is 24.3 Å². The summed E-state index contributed by atoms with van der Waals surface area (Å²) < 4.78 is 1.47. The lowest BCUT2D eigenvalue weighted by atomic mass is 10.1. The van der Waals surface area contributed by atoms with Crippen LogP contribution in [0.25, 0.3) is 0 Å². The van der Waals surface area contributed by atoms with E-state index in [9.17, 15) is 4.79 Å². The number of benzene rings is 1. The van der Waals surface area contributed by atoms with Gasteiger partial charge in [0.05, 0.1) is 13.7 Å². The molecular weight excluding hydrogens is 389 g/mol. The summed E-state index contributed by atoms with van der Waals surface area (Å²) in [6.07, 6.45) is 0. The third kappa shape index (κ3) is 2.73. The highest BCUT2D eigenvalue weighted by Crippen LogP contribution is 2.34. The molecule has 0 aliphatic carbocycles. The quantitative estimate of drug-likeness (QED) is 0.590. The van der Waals surface area contributed by atoms with Crippen LogP contribution in [0, 0.1) is 0 Å². The molecule has 0 aliphatic rings. The molecule has 0 spiro atoms. The first kappa shape index (κ1) is 13.1. The fourth-order valence-corrected chi connectivity index (χ4v) is 3.39. The van der Waals surface area contributed by atoms with Gasteiger partial charge in [0.25, 0.3) is 0 Å². The summed E-state index contributed by atoms with van der Waals surface area (Å²) in [4.78, 5) is 12.8. The van der Waals surface area contributed by atoms with Gasteiger partial charge in [-0.2, -0.15) is 0 Å². The number of carbonyl (C=O) groups is 1. The molecule has 0 saturated carbocycles. The fourth-order valence-electron chi connectivity index (χ4n) is 1.31. The Morgan fingerprint density at radius 1 is 1.29 bits per heavy atom. The number of hydrogen-bond donors (Lipinski definition) is 1. The van der Waals surface area contributed by atoms with Crippen LogP contribution in [0.3, 0.4) is 0 Å². The van der Waals surface area contributed by atoms with Crippen molar-refractivity contribution in [1.82, 2.24) is 0 Å². The number of halogens is 3. The molecule has 0 atom stereocenters. The van der Waals surface area contributed by atoms with E-state index in [0.29, 0.717) is 21.2 Å². The van der Waals surface area contributed by atoms with E-state index < -0.39 is 0 Å². The maximum absolute atomic E-state index is 12.2. The summed E-state index contributed by atoms with van der Waals surface area (Å²) in [6.45, 7) is 0. The van der Waals surface area contributed by atoms with Gasteiger partial charge in [-0.15, -0.1) is 11.3 Å². The van der Waals surface area contributed by atoms with Crippen LogP contribution in [0.2, 0.25) is 5.02 Å². The average Bonchev–Trinajstić information content (AvgIpc) is 2.62. The Bertz CT molecular complexity index is 578. The van der Waals surface area contributed by atoms with Crippen molar-refractivity contribution in [1.29, 1.82) is 0 Å². The largest absolute Gasteiger partial charge is 0.399 e. The van der Waals surface area contributed by atoms with Crippen LogP contribution >= 0.6 is 54.8 Å². The molecule has 1 aromatic heterocycles. The second-order valence-corrected chi connectivity index (χ2v) is 6.93. The van der Waals surface area contributed by atoms with Gasteiger partial charge >= 0.3 is 0 Å². The molecule has 2 N–H and O–H groups in total. The number of ketones is 1. The van der Waals surface area contributed by atoms with Crippen LogP contribution in [0.15, 0.2) is 32.5 Å². The van der Waals surface area contributed by atoms with E-state index in [2.05, 4.69) is 31.9 Å². The monoisotopic (exact) mass is 393 g/mol. The Hall–Kier alpha value is -0.360. The Kier molecular flexibility index (Phi) is 3.92. The van der Waals surface area contributed by atoms with Crippen molar-refractivity contribution in [2.24, 2.45) is 0 Å². The topological polar surface area (TPSA) is 43.1 Å². The minimum Gasteiger partial charge on any atom is -0.399 e. The molecule has 6 heteroatoms. The lowest BCUT2D eigenvalue weighted by molar-refractivity contribution is 0.104. The number of carbonyl (C=O) groups excluding carboxylic acids is 1. The zero-order valence-electron chi connectivity index (χ0n) is 8.34. The first-order valence-electron chi connectivity index (χ1n) is 4.53. The maximum atomic E-state index is 12.2. The van der Waals surface area contributed by atoms with Crippen LogP contribution < -0.4 is 5.73 Å². The molecule has 2 nitrogen and oxygen atoms in total. The highest BCUT2D eigenvalue weighted by molar-refractivity contribution is 9.11. The Morgan fingerprint density at radius 2 is 2.00 bits per heavy atom. The number of nitrogen functional groups attached to an aromatic ring is 1. The molecule has 88 valence electrons. The second kappa shape index (κ2) is 5.10. The minimum absolute atomic E-state index is 0.0956. The fraction of sp³-hybridized carbons (Fsp3) is 0. The molecule has 2 rings (SSSR count). The van der Waals surface area contributed by atoms with Crippen LogP contribution in [0.4, 0.5) is 5.69 Å². The summed E-state index contributed by atoms with van der Waals surface area (Å²) in [5, 5.41) is 0.540. The maximum Gasteiger partial charge on any atom is 0.204 e. The van der Waals surface area contributed by atoms with E-state index in [-0.39, 0.29) is 5.78 Å². The lowest BCUT2D eigenvalue weighted by Gasteiger charge is -2.02. The SMILES string of the molecule is Nc1ccc(Br)c(C(=O)c2cc(Cl)c(Br)s2)c1. The van der Waals surface area contributed by atoms with Crippen LogP contribution in [-0.2, 0) is 0 Å². The summed E-state index contributed by atoms with van der Waals surface area (Å²) >= 11 is 13.8. The number of rotatable bonds is 2. The smallest absolute Gasteiger partial charge is 0.204 e. The van der Waals surface area contributed by atoms with Crippen molar-refractivity contribution in [3.05, 3.63) is 48.0 Å². The number of nitrogens with two attached hydrogens (primary N) is 1.